The lowest BCUT2D eigenvalue weighted by molar-refractivity contribution is -0.167. The van der Waals surface area contributed by atoms with Gasteiger partial charge in [-0.05, 0) is 25.2 Å². The van der Waals surface area contributed by atoms with Crippen molar-refractivity contribution in [3.05, 3.63) is 0 Å². The van der Waals surface area contributed by atoms with Gasteiger partial charge in [-0.3, -0.25) is 14.4 Å². The van der Waals surface area contributed by atoms with Crippen LogP contribution in [0.2, 0.25) is 0 Å². The molecule has 0 heterocycles. The molecule has 6 nitrogen and oxygen atoms in total. The van der Waals surface area contributed by atoms with E-state index in [1.807, 2.05) is 0 Å². The second-order valence-corrected chi connectivity index (χ2v) is 16.6. The van der Waals surface area contributed by atoms with Crippen LogP contribution in [0.5, 0.6) is 0 Å². The summed E-state index contributed by atoms with van der Waals surface area (Å²) in [7, 11) is 0. The van der Waals surface area contributed by atoms with E-state index in [-0.39, 0.29) is 31.1 Å². The van der Waals surface area contributed by atoms with E-state index >= 15 is 0 Å². The van der Waals surface area contributed by atoms with Gasteiger partial charge in [0.25, 0.3) is 0 Å². The molecule has 0 spiro atoms. The normalized spacial score (nSPS) is 12.4. The van der Waals surface area contributed by atoms with E-state index in [0.29, 0.717) is 19.3 Å². The minimum Gasteiger partial charge on any atom is -0.462 e. The van der Waals surface area contributed by atoms with Crippen LogP contribution < -0.4 is 0 Å². The number of hydrogen-bond acceptors (Lipinski definition) is 6. The van der Waals surface area contributed by atoms with Gasteiger partial charge in [0.05, 0.1) is 0 Å². The minimum absolute atomic E-state index is 0.0643. The number of ether oxygens (including phenoxy) is 3. The van der Waals surface area contributed by atoms with E-state index in [1.54, 1.807) is 0 Å². The van der Waals surface area contributed by atoms with Gasteiger partial charge in [0.2, 0.25) is 0 Å². The molecule has 1 unspecified atom stereocenters. The molecule has 0 fully saturated rings. The third-order valence-corrected chi connectivity index (χ3v) is 11.2. The Morgan fingerprint density at radius 1 is 0.370 bits per heavy atom. The van der Waals surface area contributed by atoms with Gasteiger partial charge < -0.3 is 14.2 Å². The van der Waals surface area contributed by atoms with Gasteiger partial charge in [-0.15, -0.1) is 0 Å². The van der Waals surface area contributed by atoms with Crippen LogP contribution in [0, 0.1) is 5.92 Å². The van der Waals surface area contributed by atoms with E-state index in [1.165, 1.54) is 154 Å². The number of carbonyl (C=O) groups excluding carboxylic acids is 3. The highest BCUT2D eigenvalue weighted by molar-refractivity contribution is 5.71. The Morgan fingerprint density at radius 2 is 0.648 bits per heavy atom. The van der Waals surface area contributed by atoms with Crippen LogP contribution >= 0.6 is 0 Å². The average Bonchev–Trinajstić information content (AvgIpc) is 3.17. The van der Waals surface area contributed by atoms with Gasteiger partial charge in [0.15, 0.2) is 6.10 Å². The zero-order valence-corrected chi connectivity index (χ0v) is 36.7. The summed E-state index contributed by atoms with van der Waals surface area (Å²) in [5.74, 6) is 0.0301. The lowest BCUT2D eigenvalue weighted by atomic mass is 9.99. The van der Waals surface area contributed by atoms with Gasteiger partial charge in [0.1, 0.15) is 13.2 Å². The Balaban J connectivity index is 4.14. The standard InChI is InChI=1S/C48H92O6/c1-5-8-10-12-13-14-15-18-22-25-28-32-36-40-47(50)53-43-45(42-52-46(49)39-35-30-11-9-6-2)54-48(51)41-37-33-29-26-23-20-17-16-19-21-24-27-31-34-38-44(4)7-3/h44-45H,5-43H2,1-4H3/t44?,45-/m0/s1. The highest BCUT2D eigenvalue weighted by atomic mass is 16.6. The monoisotopic (exact) mass is 765 g/mol. The Labute approximate surface area is 336 Å². The molecule has 0 aromatic rings. The molecule has 0 N–H and O–H groups in total. The first-order valence-corrected chi connectivity index (χ1v) is 23.9. The van der Waals surface area contributed by atoms with Crippen LogP contribution in [0.15, 0.2) is 0 Å². The maximum Gasteiger partial charge on any atom is 0.306 e. The molecule has 0 rings (SSSR count). The van der Waals surface area contributed by atoms with Crippen molar-refractivity contribution in [2.45, 2.75) is 271 Å². The van der Waals surface area contributed by atoms with E-state index < -0.39 is 6.10 Å². The second kappa shape index (κ2) is 42.6. The number of esters is 3. The third kappa shape index (κ3) is 40.1. The van der Waals surface area contributed by atoms with Crippen LogP contribution in [0.4, 0.5) is 0 Å². The highest BCUT2D eigenvalue weighted by Gasteiger charge is 2.19. The van der Waals surface area contributed by atoms with Gasteiger partial charge in [-0.25, -0.2) is 0 Å². The summed E-state index contributed by atoms with van der Waals surface area (Å²) in [5.41, 5.74) is 0. The molecule has 320 valence electrons. The maximum absolute atomic E-state index is 12.7. The Kier molecular flexibility index (Phi) is 41.3. The fraction of sp³-hybridized carbons (Fsp3) is 0.938. The minimum atomic E-state index is -0.758. The molecule has 0 aliphatic heterocycles. The lowest BCUT2D eigenvalue weighted by Gasteiger charge is -2.18. The van der Waals surface area contributed by atoms with Crippen LogP contribution in [0.1, 0.15) is 265 Å². The first-order chi connectivity index (χ1) is 26.4. The van der Waals surface area contributed by atoms with Gasteiger partial charge >= 0.3 is 17.9 Å². The summed E-state index contributed by atoms with van der Waals surface area (Å²) in [5, 5.41) is 0. The predicted octanol–water partition coefficient (Wildman–Crippen LogP) is 15.1. The number of hydrogen-bond donors (Lipinski definition) is 0. The number of rotatable bonds is 43. The third-order valence-electron chi connectivity index (χ3n) is 11.2. The molecule has 0 aromatic heterocycles. The van der Waals surface area contributed by atoms with Crippen molar-refractivity contribution in [2.24, 2.45) is 5.92 Å². The molecule has 54 heavy (non-hydrogen) atoms. The summed E-state index contributed by atoms with van der Waals surface area (Å²) >= 11 is 0. The van der Waals surface area contributed by atoms with Crippen molar-refractivity contribution in [3.63, 3.8) is 0 Å². The van der Waals surface area contributed by atoms with Crippen LogP contribution in [-0.2, 0) is 28.6 Å². The van der Waals surface area contributed by atoms with E-state index in [4.69, 9.17) is 14.2 Å². The summed E-state index contributed by atoms with van der Waals surface area (Å²) < 4.78 is 16.6. The molecule has 0 bridgehead atoms. The van der Waals surface area contributed by atoms with Crippen molar-refractivity contribution in [3.8, 4) is 0 Å². The van der Waals surface area contributed by atoms with Gasteiger partial charge in [-0.1, -0.05) is 227 Å². The van der Waals surface area contributed by atoms with E-state index in [9.17, 15) is 14.4 Å². The molecule has 0 aromatic carbocycles. The van der Waals surface area contributed by atoms with Gasteiger partial charge in [0, 0.05) is 19.3 Å². The zero-order valence-electron chi connectivity index (χ0n) is 36.7. The van der Waals surface area contributed by atoms with E-state index in [2.05, 4.69) is 27.7 Å². The summed E-state index contributed by atoms with van der Waals surface area (Å²) in [4.78, 5) is 37.5. The first kappa shape index (κ1) is 52.4. The Hall–Kier alpha value is -1.59. The number of carbonyl (C=O) groups is 3. The summed E-state index contributed by atoms with van der Waals surface area (Å²) in [6.07, 6.45) is 42.5. The second-order valence-electron chi connectivity index (χ2n) is 16.6. The van der Waals surface area contributed by atoms with Gasteiger partial charge in [-0.2, -0.15) is 0 Å². The Bertz CT molecular complexity index is 813. The van der Waals surface area contributed by atoms with Crippen molar-refractivity contribution < 1.29 is 28.6 Å². The first-order valence-electron chi connectivity index (χ1n) is 23.9. The van der Waals surface area contributed by atoms with Crippen molar-refractivity contribution in [1.29, 1.82) is 0 Å². The largest absolute Gasteiger partial charge is 0.462 e. The summed E-state index contributed by atoms with van der Waals surface area (Å²) in [6, 6.07) is 0. The number of unbranched alkanes of at least 4 members (excludes halogenated alkanes) is 29. The fourth-order valence-corrected chi connectivity index (χ4v) is 7.12. The smallest absolute Gasteiger partial charge is 0.306 e. The average molecular weight is 765 g/mol. The summed E-state index contributed by atoms with van der Waals surface area (Å²) in [6.45, 7) is 8.97. The molecule has 0 saturated heterocycles. The van der Waals surface area contributed by atoms with E-state index in [0.717, 1.165) is 70.1 Å². The molecule has 0 aliphatic carbocycles. The fourth-order valence-electron chi connectivity index (χ4n) is 7.12. The zero-order chi connectivity index (χ0) is 39.6. The topological polar surface area (TPSA) is 78.9 Å². The highest BCUT2D eigenvalue weighted by Crippen LogP contribution is 2.17. The van der Waals surface area contributed by atoms with Crippen LogP contribution in [0.25, 0.3) is 0 Å². The van der Waals surface area contributed by atoms with Crippen molar-refractivity contribution >= 4 is 17.9 Å². The molecular formula is C48H92O6. The molecule has 0 aliphatic rings. The van der Waals surface area contributed by atoms with Crippen molar-refractivity contribution in [1.82, 2.24) is 0 Å². The SMILES string of the molecule is CCCCCCCCCCCCCCCC(=O)OC[C@H](COC(=O)CCCCCCC)OC(=O)CCCCCCCCCCCCCCCCC(C)CC. The van der Waals surface area contributed by atoms with Crippen LogP contribution in [-0.4, -0.2) is 37.2 Å². The molecule has 6 heteroatoms. The van der Waals surface area contributed by atoms with Crippen LogP contribution in [0.3, 0.4) is 0 Å². The molecular weight excluding hydrogens is 673 g/mol. The Morgan fingerprint density at radius 3 is 0.963 bits per heavy atom. The molecule has 2 atom stereocenters. The quantitative estimate of drug-likeness (QED) is 0.0349. The molecule has 0 amide bonds. The van der Waals surface area contributed by atoms with Crippen molar-refractivity contribution in [2.75, 3.05) is 13.2 Å². The maximum atomic E-state index is 12.7. The predicted molar refractivity (Wildman–Crippen MR) is 229 cm³/mol. The lowest BCUT2D eigenvalue weighted by Crippen LogP contribution is -2.30. The molecule has 0 radical (unpaired) electrons. The molecule has 0 saturated carbocycles.